The number of hydrogen-bond acceptors (Lipinski definition) is 4. The zero-order valence-corrected chi connectivity index (χ0v) is 16.6. The van der Waals surface area contributed by atoms with Crippen LogP contribution in [0.5, 0.6) is 17.2 Å². The predicted octanol–water partition coefficient (Wildman–Crippen LogP) is 1.18. The second kappa shape index (κ2) is 9.67. The number of ether oxygens (including phenoxy) is 3. The van der Waals surface area contributed by atoms with Crippen molar-refractivity contribution in [3.8, 4) is 17.2 Å². The van der Waals surface area contributed by atoms with E-state index in [4.69, 9.17) is 18.6 Å². The number of furan rings is 1. The highest BCUT2D eigenvalue weighted by atomic mass is 16.5. The van der Waals surface area contributed by atoms with Gasteiger partial charge in [-0.3, -0.25) is 0 Å². The van der Waals surface area contributed by atoms with Crippen LogP contribution in [0.4, 0.5) is 0 Å². The molecule has 6 heteroatoms. The van der Waals surface area contributed by atoms with Crippen molar-refractivity contribution in [3.05, 3.63) is 41.9 Å². The third-order valence-electron chi connectivity index (χ3n) is 5.44. The van der Waals surface area contributed by atoms with Crippen LogP contribution in [0.15, 0.2) is 34.9 Å². The van der Waals surface area contributed by atoms with Crippen LogP contribution in [0, 0.1) is 0 Å². The molecule has 2 heterocycles. The van der Waals surface area contributed by atoms with E-state index in [0.29, 0.717) is 6.04 Å². The average molecular weight is 376 g/mol. The molecular formula is C21H32N2O4+2. The standard InChI is InChI=1S/C21H30N2O4/c1-24-16-12-20(25-2)17(21(13-16)26-3)14-22-15-18(19-8-7-11-27-19)23-9-5-4-6-10-23/h7-8,11-13,18,22H,4-6,9-10,14-15H2,1-3H3/p+2/t18-/m0/s1. The molecule has 1 aromatic heterocycles. The summed E-state index contributed by atoms with van der Waals surface area (Å²) in [6.07, 6.45) is 5.72. The summed E-state index contributed by atoms with van der Waals surface area (Å²) in [5.74, 6) is 3.40. The van der Waals surface area contributed by atoms with Crippen molar-refractivity contribution in [1.29, 1.82) is 0 Å². The van der Waals surface area contributed by atoms with E-state index in [1.807, 2.05) is 18.2 Å². The number of quaternary nitrogens is 2. The van der Waals surface area contributed by atoms with Gasteiger partial charge in [0.2, 0.25) is 0 Å². The van der Waals surface area contributed by atoms with Gasteiger partial charge in [0, 0.05) is 12.1 Å². The van der Waals surface area contributed by atoms with Gasteiger partial charge in [-0.2, -0.15) is 0 Å². The van der Waals surface area contributed by atoms with Gasteiger partial charge in [0.05, 0.1) is 46.2 Å². The highest BCUT2D eigenvalue weighted by molar-refractivity contribution is 5.50. The van der Waals surface area contributed by atoms with Gasteiger partial charge in [-0.25, -0.2) is 0 Å². The summed E-state index contributed by atoms with van der Waals surface area (Å²) in [5, 5.41) is 2.32. The maximum Gasteiger partial charge on any atom is 0.195 e. The van der Waals surface area contributed by atoms with Gasteiger partial charge in [0.15, 0.2) is 11.8 Å². The molecule has 148 valence electrons. The molecule has 1 aromatic carbocycles. The monoisotopic (exact) mass is 376 g/mol. The first-order chi connectivity index (χ1) is 13.3. The molecular weight excluding hydrogens is 344 g/mol. The molecule has 1 aliphatic rings. The van der Waals surface area contributed by atoms with Crippen LogP contribution in [0.25, 0.3) is 0 Å². The second-order valence-electron chi connectivity index (χ2n) is 7.03. The molecule has 2 aromatic rings. The van der Waals surface area contributed by atoms with Gasteiger partial charge in [-0.15, -0.1) is 0 Å². The molecule has 0 amide bonds. The molecule has 0 bridgehead atoms. The Morgan fingerprint density at radius 1 is 1.04 bits per heavy atom. The van der Waals surface area contributed by atoms with Crippen LogP contribution in [0.2, 0.25) is 0 Å². The lowest BCUT2D eigenvalue weighted by Crippen LogP contribution is -3.15. The molecule has 0 spiro atoms. The maximum atomic E-state index is 5.76. The Hall–Kier alpha value is -2.18. The number of nitrogens with two attached hydrogens (primary N) is 1. The second-order valence-corrected chi connectivity index (χ2v) is 7.03. The number of likely N-dealkylation sites (tertiary alicyclic amines) is 1. The quantitative estimate of drug-likeness (QED) is 0.690. The Bertz CT molecular complexity index is 671. The lowest BCUT2D eigenvalue weighted by molar-refractivity contribution is -0.951. The summed E-state index contributed by atoms with van der Waals surface area (Å²) >= 11 is 0. The molecule has 3 rings (SSSR count). The van der Waals surface area contributed by atoms with Crippen LogP contribution in [-0.2, 0) is 6.54 Å². The van der Waals surface area contributed by atoms with E-state index in [0.717, 1.165) is 41.7 Å². The van der Waals surface area contributed by atoms with Gasteiger partial charge in [-0.05, 0) is 31.4 Å². The fourth-order valence-electron chi connectivity index (χ4n) is 4.00. The largest absolute Gasteiger partial charge is 0.496 e. The Balaban J connectivity index is 1.71. The van der Waals surface area contributed by atoms with Crippen molar-refractivity contribution >= 4 is 0 Å². The van der Waals surface area contributed by atoms with E-state index in [1.54, 1.807) is 32.5 Å². The number of hydrogen-bond donors (Lipinski definition) is 2. The summed E-state index contributed by atoms with van der Waals surface area (Å²) in [6.45, 7) is 4.17. The van der Waals surface area contributed by atoms with Crippen LogP contribution >= 0.6 is 0 Å². The van der Waals surface area contributed by atoms with Gasteiger partial charge in [0.1, 0.15) is 30.3 Å². The molecule has 1 saturated heterocycles. The molecule has 3 N–H and O–H groups in total. The Morgan fingerprint density at radius 2 is 1.74 bits per heavy atom. The predicted molar refractivity (Wildman–Crippen MR) is 103 cm³/mol. The normalized spacial score (nSPS) is 16.1. The van der Waals surface area contributed by atoms with Gasteiger partial charge < -0.3 is 28.8 Å². The van der Waals surface area contributed by atoms with Crippen LogP contribution in [0.1, 0.15) is 36.6 Å². The number of piperidine rings is 1. The third-order valence-corrected chi connectivity index (χ3v) is 5.44. The first-order valence-corrected chi connectivity index (χ1v) is 9.75. The molecule has 6 nitrogen and oxygen atoms in total. The van der Waals surface area contributed by atoms with Crippen molar-refractivity contribution in [2.75, 3.05) is 41.0 Å². The van der Waals surface area contributed by atoms with Crippen LogP contribution in [-0.4, -0.2) is 41.0 Å². The van der Waals surface area contributed by atoms with Gasteiger partial charge in [-0.1, -0.05) is 0 Å². The summed E-state index contributed by atoms with van der Waals surface area (Å²) < 4.78 is 22.2. The van der Waals surface area contributed by atoms with E-state index in [-0.39, 0.29) is 0 Å². The summed E-state index contributed by atoms with van der Waals surface area (Å²) in [7, 11) is 5.01. The Labute approximate surface area is 161 Å². The van der Waals surface area contributed by atoms with E-state index < -0.39 is 0 Å². The lowest BCUT2D eigenvalue weighted by atomic mass is 10.1. The molecule has 0 radical (unpaired) electrons. The molecule has 0 unspecified atom stereocenters. The van der Waals surface area contributed by atoms with E-state index in [9.17, 15) is 0 Å². The molecule has 1 fully saturated rings. The first kappa shape index (κ1) is 19.6. The smallest absolute Gasteiger partial charge is 0.195 e. The summed E-state index contributed by atoms with van der Waals surface area (Å²) in [5.41, 5.74) is 1.05. The number of nitrogens with one attached hydrogen (secondary N) is 1. The molecule has 27 heavy (non-hydrogen) atoms. The number of benzene rings is 1. The average Bonchev–Trinajstić information content (AvgIpc) is 3.25. The maximum absolute atomic E-state index is 5.76. The Kier molecular flexibility index (Phi) is 7.01. The fourth-order valence-corrected chi connectivity index (χ4v) is 4.00. The third kappa shape index (κ3) is 4.76. The first-order valence-electron chi connectivity index (χ1n) is 9.75. The SMILES string of the molecule is COc1cc(OC)c(C[NH2+]C[C@@H](c2ccco2)[NH+]2CCCCC2)c(OC)c1. The van der Waals surface area contributed by atoms with Gasteiger partial charge in [0.25, 0.3) is 0 Å². The Morgan fingerprint density at radius 3 is 2.30 bits per heavy atom. The van der Waals surface area contributed by atoms with Crippen molar-refractivity contribution in [2.24, 2.45) is 0 Å². The highest BCUT2D eigenvalue weighted by Gasteiger charge is 2.30. The topological polar surface area (TPSA) is 61.9 Å². The van der Waals surface area contributed by atoms with Crippen molar-refractivity contribution in [2.45, 2.75) is 31.8 Å². The van der Waals surface area contributed by atoms with Crippen molar-refractivity contribution in [3.63, 3.8) is 0 Å². The molecule has 0 saturated carbocycles. The van der Waals surface area contributed by atoms with Crippen molar-refractivity contribution in [1.82, 2.24) is 0 Å². The zero-order valence-electron chi connectivity index (χ0n) is 16.6. The van der Waals surface area contributed by atoms with Crippen LogP contribution < -0.4 is 24.4 Å². The minimum atomic E-state index is 0.371. The summed E-state index contributed by atoms with van der Waals surface area (Å²) in [4.78, 5) is 1.63. The number of rotatable bonds is 9. The van der Waals surface area contributed by atoms with Gasteiger partial charge >= 0.3 is 0 Å². The minimum absolute atomic E-state index is 0.371. The molecule has 0 aliphatic carbocycles. The number of methoxy groups -OCH3 is 3. The van der Waals surface area contributed by atoms with E-state index in [2.05, 4.69) is 11.4 Å². The van der Waals surface area contributed by atoms with E-state index >= 15 is 0 Å². The molecule has 1 aliphatic heterocycles. The fraction of sp³-hybridized carbons (Fsp3) is 0.524. The van der Waals surface area contributed by atoms with Crippen LogP contribution in [0.3, 0.4) is 0 Å². The van der Waals surface area contributed by atoms with Crippen molar-refractivity contribution < 1.29 is 28.8 Å². The van der Waals surface area contributed by atoms with E-state index in [1.165, 1.54) is 32.4 Å². The minimum Gasteiger partial charge on any atom is -0.496 e. The zero-order chi connectivity index (χ0) is 19.1. The highest BCUT2D eigenvalue weighted by Crippen LogP contribution is 2.33. The molecule has 1 atom stereocenters. The lowest BCUT2D eigenvalue weighted by Gasteiger charge is -2.29. The summed E-state index contributed by atoms with van der Waals surface area (Å²) in [6, 6.07) is 8.28.